The molecule has 0 amide bonds. The molecule has 0 spiro atoms. The molecule has 0 aliphatic rings. The fraction of sp³-hybridized carbons (Fsp3) is 0.286. The van der Waals surface area contributed by atoms with Crippen molar-refractivity contribution in [3.8, 4) is 16.8 Å². The minimum absolute atomic E-state index is 0.452. The lowest BCUT2D eigenvalue weighted by atomic mass is 9.88. The van der Waals surface area contributed by atoms with E-state index in [0.717, 1.165) is 0 Å². The van der Waals surface area contributed by atoms with E-state index in [1.54, 1.807) is 0 Å². The van der Waals surface area contributed by atoms with Gasteiger partial charge in [-0.2, -0.15) is 0 Å². The SMILES string of the molecule is CC(C)c1cc(-c2ccccc2)cc(C(C)C)c1-n1ccnc1. The van der Waals surface area contributed by atoms with Gasteiger partial charge in [0.25, 0.3) is 0 Å². The van der Waals surface area contributed by atoms with E-state index in [0.29, 0.717) is 11.8 Å². The van der Waals surface area contributed by atoms with Crippen LogP contribution in [0.15, 0.2) is 61.2 Å². The first-order valence-corrected chi connectivity index (χ1v) is 8.29. The molecular formula is C21H24N2. The summed E-state index contributed by atoms with van der Waals surface area (Å²) >= 11 is 0. The second kappa shape index (κ2) is 6.41. The molecular weight excluding hydrogens is 280 g/mol. The Bertz CT molecular complexity index is 740. The Labute approximate surface area is 138 Å². The predicted molar refractivity (Wildman–Crippen MR) is 97.2 cm³/mol. The van der Waals surface area contributed by atoms with Crippen molar-refractivity contribution < 1.29 is 0 Å². The summed E-state index contributed by atoms with van der Waals surface area (Å²) in [4.78, 5) is 4.24. The van der Waals surface area contributed by atoms with Crippen LogP contribution in [0.4, 0.5) is 0 Å². The van der Waals surface area contributed by atoms with Crippen molar-refractivity contribution in [2.75, 3.05) is 0 Å². The quantitative estimate of drug-likeness (QED) is 0.597. The Morgan fingerprint density at radius 1 is 0.826 bits per heavy atom. The van der Waals surface area contributed by atoms with Gasteiger partial charge in [0, 0.05) is 12.4 Å². The van der Waals surface area contributed by atoms with E-state index < -0.39 is 0 Å². The largest absolute Gasteiger partial charge is 0.306 e. The molecule has 0 fully saturated rings. The number of aromatic nitrogens is 2. The zero-order chi connectivity index (χ0) is 16.4. The summed E-state index contributed by atoms with van der Waals surface area (Å²) in [5, 5.41) is 0. The maximum Gasteiger partial charge on any atom is 0.0991 e. The summed E-state index contributed by atoms with van der Waals surface area (Å²) in [7, 11) is 0. The first-order chi connectivity index (χ1) is 11.1. The molecule has 0 N–H and O–H groups in total. The second-order valence-electron chi connectivity index (χ2n) is 6.65. The van der Waals surface area contributed by atoms with E-state index in [2.05, 4.69) is 79.7 Å². The van der Waals surface area contributed by atoms with Gasteiger partial charge in [0.05, 0.1) is 12.0 Å². The van der Waals surface area contributed by atoms with Crippen molar-refractivity contribution in [2.24, 2.45) is 0 Å². The Morgan fingerprint density at radius 3 is 1.91 bits per heavy atom. The predicted octanol–water partition coefficient (Wildman–Crippen LogP) is 5.79. The minimum Gasteiger partial charge on any atom is -0.306 e. The van der Waals surface area contributed by atoms with Crippen LogP contribution in [0.2, 0.25) is 0 Å². The molecule has 3 aromatic rings. The fourth-order valence-electron chi connectivity index (χ4n) is 3.05. The summed E-state index contributed by atoms with van der Waals surface area (Å²) in [5.74, 6) is 0.905. The highest BCUT2D eigenvalue weighted by Crippen LogP contribution is 2.35. The molecule has 0 saturated heterocycles. The Hall–Kier alpha value is -2.35. The summed E-state index contributed by atoms with van der Waals surface area (Å²) in [6, 6.07) is 15.3. The fourth-order valence-corrected chi connectivity index (χ4v) is 3.05. The maximum atomic E-state index is 4.24. The zero-order valence-electron chi connectivity index (χ0n) is 14.3. The summed E-state index contributed by atoms with van der Waals surface area (Å²) < 4.78 is 2.15. The topological polar surface area (TPSA) is 17.8 Å². The van der Waals surface area contributed by atoms with Crippen LogP contribution in [-0.2, 0) is 0 Å². The number of nitrogens with zero attached hydrogens (tertiary/aromatic N) is 2. The molecule has 0 atom stereocenters. The number of imidazole rings is 1. The average Bonchev–Trinajstić information content (AvgIpc) is 3.08. The number of hydrogen-bond donors (Lipinski definition) is 0. The van der Waals surface area contributed by atoms with E-state index in [1.807, 2.05) is 18.7 Å². The van der Waals surface area contributed by atoms with Crippen LogP contribution in [0.1, 0.15) is 50.7 Å². The number of benzene rings is 2. The number of hydrogen-bond acceptors (Lipinski definition) is 1. The average molecular weight is 304 g/mol. The lowest BCUT2D eigenvalue weighted by Crippen LogP contribution is -2.06. The van der Waals surface area contributed by atoms with Crippen molar-refractivity contribution in [1.29, 1.82) is 0 Å². The third kappa shape index (κ3) is 3.07. The van der Waals surface area contributed by atoms with Gasteiger partial charge in [-0.25, -0.2) is 4.98 Å². The van der Waals surface area contributed by atoms with Gasteiger partial charge in [-0.05, 0) is 46.2 Å². The van der Waals surface area contributed by atoms with Crippen molar-refractivity contribution >= 4 is 0 Å². The van der Waals surface area contributed by atoms with Gasteiger partial charge in [-0.15, -0.1) is 0 Å². The van der Waals surface area contributed by atoms with E-state index in [-0.39, 0.29) is 0 Å². The molecule has 2 nitrogen and oxygen atoms in total. The van der Waals surface area contributed by atoms with Gasteiger partial charge in [0.15, 0.2) is 0 Å². The van der Waals surface area contributed by atoms with E-state index in [4.69, 9.17) is 0 Å². The molecule has 1 aromatic heterocycles. The van der Waals surface area contributed by atoms with Crippen LogP contribution < -0.4 is 0 Å². The van der Waals surface area contributed by atoms with Crippen molar-refractivity contribution in [1.82, 2.24) is 9.55 Å². The molecule has 0 unspecified atom stereocenters. The molecule has 1 heterocycles. The Morgan fingerprint density at radius 2 is 1.43 bits per heavy atom. The van der Waals surface area contributed by atoms with E-state index >= 15 is 0 Å². The lowest BCUT2D eigenvalue weighted by Gasteiger charge is -2.22. The Balaban J connectivity index is 2.28. The summed E-state index contributed by atoms with van der Waals surface area (Å²) in [6.07, 6.45) is 5.78. The standard InChI is InChI=1S/C21H24N2/c1-15(2)19-12-18(17-8-6-5-7-9-17)13-20(16(3)4)21(19)23-11-10-22-14-23/h5-16H,1-4H3. The van der Waals surface area contributed by atoms with Gasteiger partial charge in [-0.1, -0.05) is 58.0 Å². The molecule has 2 aromatic carbocycles. The molecule has 0 aliphatic heterocycles. The second-order valence-corrected chi connectivity index (χ2v) is 6.65. The van der Waals surface area contributed by atoms with Gasteiger partial charge in [0.2, 0.25) is 0 Å². The van der Waals surface area contributed by atoms with Crippen molar-refractivity contribution in [3.63, 3.8) is 0 Å². The van der Waals surface area contributed by atoms with Crippen LogP contribution in [-0.4, -0.2) is 9.55 Å². The van der Waals surface area contributed by atoms with Crippen LogP contribution in [0.3, 0.4) is 0 Å². The third-order valence-electron chi connectivity index (χ3n) is 4.28. The summed E-state index contributed by atoms with van der Waals surface area (Å²) in [6.45, 7) is 9.03. The normalized spacial score (nSPS) is 11.4. The van der Waals surface area contributed by atoms with Crippen LogP contribution in [0, 0.1) is 0 Å². The molecule has 0 bridgehead atoms. The molecule has 0 saturated carbocycles. The highest BCUT2D eigenvalue weighted by molar-refractivity contribution is 5.69. The zero-order valence-corrected chi connectivity index (χ0v) is 14.3. The molecule has 23 heavy (non-hydrogen) atoms. The van der Waals surface area contributed by atoms with Gasteiger partial charge in [-0.3, -0.25) is 0 Å². The number of rotatable bonds is 4. The van der Waals surface area contributed by atoms with Crippen molar-refractivity contribution in [2.45, 2.75) is 39.5 Å². The Kier molecular flexibility index (Phi) is 4.33. The monoisotopic (exact) mass is 304 g/mol. The third-order valence-corrected chi connectivity index (χ3v) is 4.28. The lowest BCUT2D eigenvalue weighted by molar-refractivity contribution is 0.805. The molecule has 118 valence electrons. The summed E-state index contributed by atoms with van der Waals surface area (Å²) in [5.41, 5.74) is 6.59. The van der Waals surface area contributed by atoms with Crippen LogP contribution in [0.5, 0.6) is 0 Å². The molecule has 2 heteroatoms. The molecule has 3 rings (SSSR count). The van der Waals surface area contributed by atoms with E-state index in [1.165, 1.54) is 27.9 Å². The van der Waals surface area contributed by atoms with Gasteiger partial charge >= 0.3 is 0 Å². The highest BCUT2D eigenvalue weighted by atomic mass is 15.0. The molecule has 0 radical (unpaired) electrons. The highest BCUT2D eigenvalue weighted by Gasteiger charge is 2.17. The smallest absolute Gasteiger partial charge is 0.0991 e. The van der Waals surface area contributed by atoms with Crippen LogP contribution in [0.25, 0.3) is 16.8 Å². The first-order valence-electron chi connectivity index (χ1n) is 8.29. The van der Waals surface area contributed by atoms with Crippen LogP contribution >= 0.6 is 0 Å². The van der Waals surface area contributed by atoms with Gasteiger partial charge in [0.1, 0.15) is 0 Å². The first kappa shape index (κ1) is 15.5. The molecule has 0 aliphatic carbocycles. The minimum atomic E-state index is 0.452. The maximum absolute atomic E-state index is 4.24. The van der Waals surface area contributed by atoms with Crippen molar-refractivity contribution in [3.05, 3.63) is 72.3 Å². The van der Waals surface area contributed by atoms with Gasteiger partial charge < -0.3 is 4.57 Å². The van der Waals surface area contributed by atoms with E-state index in [9.17, 15) is 0 Å².